The highest BCUT2D eigenvalue weighted by molar-refractivity contribution is 8.28. The fraction of sp³-hybridized carbons (Fsp3) is 0.727. The molecule has 154 valence electrons. The maximum absolute atomic E-state index is 5.74. The first-order valence-corrected chi connectivity index (χ1v) is 13.0. The van der Waals surface area contributed by atoms with E-state index in [1.807, 2.05) is 0 Å². The Hall–Kier alpha value is -0.120. The average molecular weight is 429 g/mol. The van der Waals surface area contributed by atoms with E-state index in [-0.39, 0.29) is 16.2 Å². The predicted molar refractivity (Wildman–Crippen MR) is 125 cm³/mol. The van der Waals surface area contributed by atoms with Crippen LogP contribution >= 0.6 is 5.47 Å². The molecule has 0 aromatic heterocycles. The van der Waals surface area contributed by atoms with Gasteiger partial charge in [-0.1, -0.05) is 60.6 Å². The molecule has 0 heterocycles. The highest BCUT2D eigenvalue weighted by Crippen LogP contribution is 2.38. The van der Waals surface area contributed by atoms with Crippen molar-refractivity contribution in [1.82, 2.24) is 0 Å². The molecule has 0 fully saturated rings. The van der Waals surface area contributed by atoms with Crippen molar-refractivity contribution in [3.8, 4) is 0 Å². The minimum Gasteiger partial charge on any atom is -0.385 e. The van der Waals surface area contributed by atoms with Crippen LogP contribution < -0.4 is 5.30 Å². The third-order valence-electron chi connectivity index (χ3n) is 5.48. The number of hydrogen-bond donors (Lipinski definition) is 0. The molecule has 5 heteroatoms. The van der Waals surface area contributed by atoms with Gasteiger partial charge in [0.1, 0.15) is 0 Å². The molecule has 0 saturated carbocycles. The molecule has 0 atom stereocenters. The highest BCUT2D eigenvalue weighted by Gasteiger charge is 2.33. The Kier molecular flexibility index (Phi) is 8.85. The highest BCUT2D eigenvalue weighted by atomic mass is 32.7. The van der Waals surface area contributed by atoms with Gasteiger partial charge in [0.15, 0.2) is 0 Å². The quantitative estimate of drug-likeness (QED) is 0.473. The summed E-state index contributed by atoms with van der Waals surface area (Å²) in [4.78, 5) is 0. The second-order valence-electron chi connectivity index (χ2n) is 9.68. The third kappa shape index (κ3) is 6.44. The third-order valence-corrected chi connectivity index (χ3v) is 7.42. The van der Waals surface area contributed by atoms with E-state index in [1.165, 1.54) is 22.0 Å². The number of hydrogen-bond acceptors (Lipinski definition) is 4. The Morgan fingerprint density at radius 3 is 1.41 bits per heavy atom. The summed E-state index contributed by atoms with van der Waals surface area (Å²) in [7, 11) is 3.52. The molecule has 0 saturated heterocycles. The van der Waals surface area contributed by atoms with Crippen LogP contribution in [0, 0.1) is 0 Å². The SMILES string of the molecule is COCCC(C)(C)c1cc(C(C)(C)C)cc(C(C)(C)CCOC)c1P(=S)=S. The molecule has 2 nitrogen and oxygen atoms in total. The van der Waals surface area contributed by atoms with Crippen LogP contribution in [0.15, 0.2) is 12.1 Å². The molecule has 0 N–H and O–H groups in total. The molecule has 1 aromatic rings. The fourth-order valence-electron chi connectivity index (χ4n) is 3.28. The van der Waals surface area contributed by atoms with E-state index in [4.69, 9.17) is 33.1 Å². The first kappa shape index (κ1) is 24.9. The molecule has 0 aliphatic carbocycles. The van der Waals surface area contributed by atoms with Gasteiger partial charge in [0.05, 0.1) is 0 Å². The van der Waals surface area contributed by atoms with E-state index in [0.717, 1.165) is 26.1 Å². The number of methoxy groups -OCH3 is 2. The lowest BCUT2D eigenvalue weighted by atomic mass is 9.72. The number of benzene rings is 1. The summed E-state index contributed by atoms with van der Waals surface area (Å²) < 4.78 is 10.8. The second-order valence-corrected chi connectivity index (χ2v) is 13.5. The Morgan fingerprint density at radius 1 is 0.778 bits per heavy atom. The van der Waals surface area contributed by atoms with Crippen LogP contribution in [0.25, 0.3) is 0 Å². The van der Waals surface area contributed by atoms with Crippen molar-refractivity contribution in [2.24, 2.45) is 0 Å². The molecule has 1 rings (SSSR count). The molecule has 1 aromatic carbocycles. The summed E-state index contributed by atoms with van der Waals surface area (Å²) in [6.45, 7) is 17.4. The van der Waals surface area contributed by atoms with Crippen molar-refractivity contribution in [1.29, 1.82) is 0 Å². The first-order chi connectivity index (χ1) is 12.3. The zero-order valence-corrected chi connectivity index (χ0v) is 21.1. The van der Waals surface area contributed by atoms with E-state index in [0.29, 0.717) is 0 Å². The topological polar surface area (TPSA) is 18.5 Å². The molecular weight excluding hydrogens is 391 g/mol. The van der Waals surface area contributed by atoms with Gasteiger partial charge < -0.3 is 9.47 Å². The van der Waals surface area contributed by atoms with E-state index in [9.17, 15) is 0 Å². The van der Waals surface area contributed by atoms with E-state index >= 15 is 0 Å². The van der Waals surface area contributed by atoms with Crippen molar-refractivity contribution < 1.29 is 9.47 Å². The zero-order valence-electron chi connectivity index (χ0n) is 18.6. The summed E-state index contributed by atoms with van der Waals surface area (Å²) in [5, 5.41) is 1.21. The molecule has 0 unspecified atom stereocenters. The van der Waals surface area contributed by atoms with Gasteiger partial charge in [-0.05, 0) is 69.4 Å². The lowest BCUT2D eigenvalue weighted by molar-refractivity contribution is 0.173. The van der Waals surface area contributed by atoms with E-state index < -0.39 is 5.47 Å². The van der Waals surface area contributed by atoms with Gasteiger partial charge in [0, 0.05) is 38.2 Å². The van der Waals surface area contributed by atoms with Gasteiger partial charge in [-0.2, -0.15) is 0 Å². The normalized spacial score (nSPS) is 13.1. The lowest BCUT2D eigenvalue weighted by Gasteiger charge is -2.35. The minimum atomic E-state index is -1.06. The van der Waals surface area contributed by atoms with Crippen LogP contribution in [0.1, 0.15) is 78.0 Å². The van der Waals surface area contributed by atoms with Gasteiger partial charge in [0.25, 0.3) is 0 Å². The first-order valence-electron chi connectivity index (χ1n) is 9.59. The standard InChI is InChI=1S/C22H37O2PS2/c1-20(2,3)16-14-17(21(4,5)10-12-23-8)19(25(26)27)18(15-16)22(6,7)11-13-24-9/h14-15H,10-13H2,1-9H3. The summed E-state index contributed by atoms with van der Waals surface area (Å²) in [6.07, 6.45) is 1.88. The van der Waals surface area contributed by atoms with Crippen molar-refractivity contribution in [3.63, 3.8) is 0 Å². The summed E-state index contributed by atoms with van der Waals surface area (Å²) >= 11 is 11.5. The number of ether oxygens (including phenoxy) is 2. The van der Waals surface area contributed by atoms with Crippen LogP contribution in [0.5, 0.6) is 0 Å². The Balaban J connectivity index is 3.82. The van der Waals surface area contributed by atoms with Crippen LogP contribution in [-0.4, -0.2) is 27.4 Å². The number of rotatable bonds is 9. The lowest BCUT2D eigenvalue weighted by Crippen LogP contribution is -2.33. The zero-order chi connectivity index (χ0) is 21.0. The van der Waals surface area contributed by atoms with Gasteiger partial charge in [-0.25, -0.2) is 0 Å². The predicted octanol–water partition coefficient (Wildman–Crippen LogP) is 5.64. The maximum Gasteiger partial charge on any atom is 0.0470 e. The summed E-state index contributed by atoms with van der Waals surface area (Å²) in [5.74, 6) is 0. The average Bonchev–Trinajstić information content (AvgIpc) is 2.56. The van der Waals surface area contributed by atoms with Crippen LogP contribution in [-0.2, 0) is 49.3 Å². The molecular formula is C22H37O2PS2. The molecule has 0 aliphatic rings. The van der Waals surface area contributed by atoms with Crippen molar-refractivity contribution in [2.75, 3.05) is 27.4 Å². The monoisotopic (exact) mass is 428 g/mol. The van der Waals surface area contributed by atoms with Crippen LogP contribution in [0.3, 0.4) is 0 Å². The molecule has 0 spiro atoms. The van der Waals surface area contributed by atoms with Crippen LogP contribution in [0.4, 0.5) is 0 Å². The van der Waals surface area contributed by atoms with Gasteiger partial charge in [0.2, 0.25) is 0 Å². The van der Waals surface area contributed by atoms with Gasteiger partial charge >= 0.3 is 0 Å². The fourth-order valence-corrected chi connectivity index (χ4v) is 5.59. The van der Waals surface area contributed by atoms with E-state index in [2.05, 4.69) is 60.6 Å². The summed E-state index contributed by atoms with van der Waals surface area (Å²) in [6, 6.07) is 4.71. The Morgan fingerprint density at radius 2 is 1.15 bits per heavy atom. The maximum atomic E-state index is 5.74. The Labute approximate surface area is 177 Å². The van der Waals surface area contributed by atoms with Gasteiger partial charge in [-0.3, -0.25) is 0 Å². The smallest absolute Gasteiger partial charge is 0.0470 e. The molecule has 0 radical (unpaired) electrons. The van der Waals surface area contributed by atoms with Crippen LogP contribution in [0.2, 0.25) is 0 Å². The minimum absolute atomic E-state index is 0.0447. The van der Waals surface area contributed by atoms with E-state index in [1.54, 1.807) is 14.2 Å². The van der Waals surface area contributed by atoms with Gasteiger partial charge in [-0.15, -0.1) is 0 Å². The largest absolute Gasteiger partial charge is 0.385 e. The second kappa shape index (κ2) is 9.59. The summed E-state index contributed by atoms with van der Waals surface area (Å²) in [5.41, 5.74) is 2.87. The Bertz CT molecular complexity index is 665. The van der Waals surface area contributed by atoms with Crippen molar-refractivity contribution >= 4 is 34.4 Å². The molecule has 0 bridgehead atoms. The molecule has 0 aliphatic heterocycles. The van der Waals surface area contributed by atoms with Crippen molar-refractivity contribution in [3.05, 3.63) is 28.8 Å². The molecule has 27 heavy (non-hydrogen) atoms. The molecule has 0 amide bonds. The van der Waals surface area contributed by atoms with Crippen molar-refractivity contribution in [2.45, 2.75) is 77.6 Å².